The lowest BCUT2D eigenvalue weighted by atomic mass is 10.2. The van der Waals surface area contributed by atoms with Gasteiger partial charge in [-0.25, -0.2) is 0 Å². The van der Waals surface area contributed by atoms with Crippen molar-refractivity contribution < 1.29 is 13.7 Å². The van der Waals surface area contributed by atoms with E-state index in [0.29, 0.717) is 12.6 Å². The summed E-state index contributed by atoms with van der Waals surface area (Å²) in [5.41, 5.74) is 0.756. The Morgan fingerprint density at radius 1 is 1.08 bits per heavy atom. The Balaban J connectivity index is 4.42. The van der Waals surface area contributed by atoms with Gasteiger partial charge in [-0.2, -0.15) is 0 Å². The Labute approximate surface area is 149 Å². The van der Waals surface area contributed by atoms with Gasteiger partial charge in [0.2, 0.25) is 5.91 Å². The Morgan fingerprint density at radius 2 is 1.62 bits per heavy atom. The van der Waals surface area contributed by atoms with E-state index in [9.17, 15) is 9.59 Å². The van der Waals surface area contributed by atoms with Crippen molar-refractivity contribution in [3.63, 3.8) is 0 Å². The molecule has 0 radical (unpaired) electrons. The van der Waals surface area contributed by atoms with Gasteiger partial charge in [0.25, 0.3) is 0 Å². The van der Waals surface area contributed by atoms with E-state index in [2.05, 4.69) is 41.8 Å². The van der Waals surface area contributed by atoms with Gasteiger partial charge in [-0.15, -0.1) is 0 Å². The van der Waals surface area contributed by atoms with Gasteiger partial charge in [-0.05, 0) is 54.0 Å². The summed E-state index contributed by atoms with van der Waals surface area (Å²) in [7, 11) is -1.74. The first kappa shape index (κ1) is 23.2. The predicted molar refractivity (Wildman–Crippen MR) is 105 cm³/mol. The van der Waals surface area contributed by atoms with Gasteiger partial charge in [0, 0.05) is 24.5 Å². The molecule has 0 spiro atoms. The van der Waals surface area contributed by atoms with Crippen LogP contribution in [-0.4, -0.2) is 59.5 Å². The van der Waals surface area contributed by atoms with E-state index in [-0.39, 0.29) is 24.2 Å². The molecule has 0 saturated carbocycles. The molecule has 0 aromatic heterocycles. The summed E-state index contributed by atoms with van der Waals surface area (Å²) in [4.78, 5) is 27.6. The largest absolute Gasteiger partial charge is 0.453 e. The Hall–Kier alpha value is -0.836. The first-order chi connectivity index (χ1) is 10.9. The van der Waals surface area contributed by atoms with Gasteiger partial charge in [0.1, 0.15) is 5.78 Å². The molecule has 0 bridgehead atoms. The fourth-order valence-corrected chi connectivity index (χ4v) is 10.8. The molecule has 0 heterocycles. The quantitative estimate of drug-likeness (QED) is 0.429. The van der Waals surface area contributed by atoms with E-state index in [1.54, 1.807) is 6.92 Å². The Morgan fingerprint density at radius 3 is 2.12 bits per heavy atom. The van der Waals surface area contributed by atoms with Gasteiger partial charge < -0.3 is 14.7 Å². The smallest absolute Gasteiger partial charge is 0.225 e. The molecule has 1 unspecified atom stereocenters. The molecular formula is C16H35N3O3Si2. The van der Waals surface area contributed by atoms with Crippen LogP contribution < -0.4 is 10.6 Å². The van der Waals surface area contributed by atoms with Crippen LogP contribution in [0, 0.1) is 0 Å². The second kappa shape index (κ2) is 10.2. The second-order valence-corrected chi connectivity index (χ2v) is 16.3. The van der Waals surface area contributed by atoms with Crippen LogP contribution in [0.2, 0.25) is 26.2 Å². The Bertz CT molecular complexity index is 465. The van der Waals surface area contributed by atoms with Crippen LogP contribution in [0.5, 0.6) is 0 Å². The normalized spacial score (nSPS) is 14.4. The van der Waals surface area contributed by atoms with E-state index in [4.69, 9.17) is 4.12 Å². The molecule has 0 aliphatic carbocycles. The summed E-state index contributed by atoms with van der Waals surface area (Å²) in [6.07, 6.45) is 2.18. The van der Waals surface area contributed by atoms with Gasteiger partial charge in [0.05, 0.1) is 12.5 Å². The maximum absolute atomic E-state index is 12.1. The lowest BCUT2D eigenvalue weighted by Gasteiger charge is -2.34. The Kier molecular flexibility index (Phi) is 9.87. The molecule has 0 aliphatic heterocycles. The fraction of sp³-hybridized carbons (Fsp3) is 0.812. The zero-order valence-corrected chi connectivity index (χ0v) is 18.6. The molecule has 0 rings (SSSR count). The van der Waals surface area contributed by atoms with Crippen LogP contribution in [0.4, 0.5) is 0 Å². The number of ketones is 1. The van der Waals surface area contributed by atoms with Gasteiger partial charge in [-0.3, -0.25) is 14.6 Å². The third-order valence-corrected chi connectivity index (χ3v) is 9.96. The minimum atomic E-state index is -1.94. The van der Waals surface area contributed by atoms with Crippen LogP contribution >= 0.6 is 0 Å². The van der Waals surface area contributed by atoms with E-state index in [1.807, 2.05) is 20.9 Å². The standard InChI is InChI=1S/C16H35N3O3Si2/c1-13(9-15(3)20)19-14(2)10-16(21)18-12-24(7,8)22-23(5,6)11-17-4/h13,17H,9-12H2,1-8H3,(H,18,21). The van der Waals surface area contributed by atoms with Crippen LogP contribution in [0.25, 0.3) is 0 Å². The highest BCUT2D eigenvalue weighted by Gasteiger charge is 2.32. The summed E-state index contributed by atoms with van der Waals surface area (Å²) in [6.45, 7) is 13.9. The third kappa shape index (κ3) is 11.7. The summed E-state index contributed by atoms with van der Waals surface area (Å²) in [5.74, 6) is 0.0743. The lowest BCUT2D eigenvalue weighted by molar-refractivity contribution is -0.119. The second-order valence-electron chi connectivity index (χ2n) is 7.72. The molecule has 6 nitrogen and oxygen atoms in total. The predicted octanol–water partition coefficient (Wildman–Crippen LogP) is 2.05. The van der Waals surface area contributed by atoms with Crippen molar-refractivity contribution in [1.82, 2.24) is 10.6 Å². The summed E-state index contributed by atoms with van der Waals surface area (Å²) in [5, 5.41) is 6.17. The number of carbonyl (C=O) groups is 2. The first-order valence-corrected chi connectivity index (χ1v) is 14.7. The number of aliphatic imine (C=N–C) groups is 1. The minimum absolute atomic E-state index is 0.0384. The highest BCUT2D eigenvalue weighted by molar-refractivity contribution is 6.85. The number of Topliss-reactive ketones (excluding diaryl/α,β-unsaturated/α-hetero) is 1. The number of nitrogens with one attached hydrogen (secondary N) is 2. The van der Waals surface area contributed by atoms with E-state index >= 15 is 0 Å². The molecule has 24 heavy (non-hydrogen) atoms. The molecule has 140 valence electrons. The number of carbonyl (C=O) groups excluding carboxylic acids is 2. The molecule has 8 heteroatoms. The monoisotopic (exact) mass is 373 g/mol. The average molecular weight is 374 g/mol. The highest BCUT2D eigenvalue weighted by atomic mass is 28.4. The topological polar surface area (TPSA) is 79.8 Å². The molecule has 0 fully saturated rings. The van der Waals surface area contributed by atoms with Gasteiger partial charge in [0.15, 0.2) is 16.6 Å². The highest BCUT2D eigenvalue weighted by Crippen LogP contribution is 2.13. The van der Waals surface area contributed by atoms with Crippen molar-refractivity contribution in [1.29, 1.82) is 0 Å². The molecule has 0 aromatic rings. The SMILES string of the molecule is CNC[Si](C)(C)O[Si](C)(C)CNC(=O)CC(C)=NC(C)CC(C)=O. The van der Waals surface area contributed by atoms with Crippen molar-refractivity contribution in [2.75, 3.05) is 19.4 Å². The molecule has 1 atom stereocenters. The maximum Gasteiger partial charge on any atom is 0.225 e. The van der Waals surface area contributed by atoms with Crippen molar-refractivity contribution in [2.24, 2.45) is 4.99 Å². The van der Waals surface area contributed by atoms with Crippen molar-refractivity contribution in [3.05, 3.63) is 0 Å². The van der Waals surface area contributed by atoms with E-state index < -0.39 is 16.6 Å². The molecule has 0 saturated heterocycles. The maximum atomic E-state index is 12.1. The molecule has 2 N–H and O–H groups in total. The first-order valence-electron chi connectivity index (χ1n) is 8.51. The minimum Gasteiger partial charge on any atom is -0.453 e. The van der Waals surface area contributed by atoms with Crippen molar-refractivity contribution in [2.45, 2.75) is 65.8 Å². The zero-order chi connectivity index (χ0) is 19.0. The van der Waals surface area contributed by atoms with Crippen LogP contribution in [0.15, 0.2) is 4.99 Å². The van der Waals surface area contributed by atoms with Gasteiger partial charge >= 0.3 is 0 Å². The summed E-state index contributed by atoms with van der Waals surface area (Å²) in [6, 6.07) is -0.0715. The van der Waals surface area contributed by atoms with Crippen molar-refractivity contribution >= 4 is 34.0 Å². The number of nitrogens with zero attached hydrogens (tertiary/aromatic N) is 1. The molecule has 0 aromatic carbocycles. The third-order valence-electron chi connectivity index (χ3n) is 3.31. The summed E-state index contributed by atoms with van der Waals surface area (Å²) < 4.78 is 6.36. The van der Waals surface area contributed by atoms with Crippen LogP contribution in [0.1, 0.15) is 33.6 Å². The number of amides is 1. The number of hydrogen-bond acceptors (Lipinski definition) is 5. The summed E-state index contributed by atoms with van der Waals surface area (Å²) >= 11 is 0. The molecule has 0 aliphatic rings. The van der Waals surface area contributed by atoms with E-state index in [0.717, 1.165) is 11.9 Å². The lowest BCUT2D eigenvalue weighted by Crippen LogP contribution is -2.55. The zero-order valence-electron chi connectivity index (χ0n) is 16.6. The van der Waals surface area contributed by atoms with E-state index in [1.165, 1.54) is 0 Å². The molecular weight excluding hydrogens is 338 g/mol. The fourth-order valence-electron chi connectivity index (χ4n) is 2.74. The molecule has 1 amide bonds. The number of rotatable bonds is 11. The average Bonchev–Trinajstić information content (AvgIpc) is 2.33. The van der Waals surface area contributed by atoms with Crippen molar-refractivity contribution in [3.8, 4) is 0 Å². The van der Waals surface area contributed by atoms with Gasteiger partial charge in [-0.1, -0.05) is 0 Å². The number of hydrogen-bond donors (Lipinski definition) is 2. The van der Waals surface area contributed by atoms with Crippen LogP contribution in [0.3, 0.4) is 0 Å². The van der Waals surface area contributed by atoms with Crippen LogP contribution in [-0.2, 0) is 13.7 Å².